The van der Waals surface area contributed by atoms with Crippen molar-refractivity contribution in [1.29, 1.82) is 0 Å². The van der Waals surface area contributed by atoms with Gasteiger partial charge < -0.3 is 9.84 Å². The van der Waals surface area contributed by atoms with Gasteiger partial charge in [0.2, 0.25) is 11.8 Å². The van der Waals surface area contributed by atoms with Gasteiger partial charge in [0.1, 0.15) is 5.60 Å². The van der Waals surface area contributed by atoms with Crippen molar-refractivity contribution in [2.45, 2.75) is 18.1 Å². The molecule has 27 heavy (non-hydrogen) atoms. The molecule has 0 aromatic heterocycles. The largest absolute Gasteiger partial charge is 0.393 e. The van der Waals surface area contributed by atoms with Crippen LogP contribution >= 0.6 is 0 Å². The van der Waals surface area contributed by atoms with Gasteiger partial charge in [0, 0.05) is 5.56 Å². The second-order valence-corrected chi connectivity index (χ2v) is 7.58. The molecule has 2 aromatic carbocycles. The Morgan fingerprint density at radius 3 is 2.37 bits per heavy atom. The summed E-state index contributed by atoms with van der Waals surface area (Å²) in [6.07, 6.45) is 3.55. The van der Waals surface area contributed by atoms with E-state index in [1.54, 1.807) is 12.1 Å². The van der Waals surface area contributed by atoms with Crippen molar-refractivity contribution in [3.63, 3.8) is 0 Å². The Hall–Kier alpha value is -2.76. The molecule has 0 spiro atoms. The zero-order valence-electron chi connectivity index (χ0n) is 14.8. The van der Waals surface area contributed by atoms with Crippen LogP contribution in [0.25, 0.3) is 11.1 Å². The predicted molar refractivity (Wildman–Crippen MR) is 99.8 cm³/mol. The average molecular weight is 361 g/mol. The number of aliphatic hydroxyl groups is 1. The minimum atomic E-state index is -1.11. The molecule has 3 heterocycles. The Kier molecular flexibility index (Phi) is 3.27. The topological polar surface area (TPSA) is 66.8 Å². The smallest absolute Gasteiger partial charge is 0.241 e. The van der Waals surface area contributed by atoms with Crippen LogP contribution in [0.1, 0.15) is 6.92 Å². The molecular formula is C22H19NO4. The van der Waals surface area contributed by atoms with Crippen LogP contribution in [0.2, 0.25) is 0 Å². The zero-order valence-corrected chi connectivity index (χ0v) is 14.8. The van der Waals surface area contributed by atoms with Crippen LogP contribution < -0.4 is 4.90 Å². The van der Waals surface area contributed by atoms with E-state index in [1.807, 2.05) is 61.5 Å². The molecule has 3 aliphatic heterocycles. The summed E-state index contributed by atoms with van der Waals surface area (Å²) in [6.45, 7) is 1.48. The average Bonchev–Trinajstić information content (AvgIpc) is 3.28. The van der Waals surface area contributed by atoms with Crippen LogP contribution in [0, 0.1) is 11.8 Å². The van der Waals surface area contributed by atoms with Gasteiger partial charge in [-0.05, 0) is 18.6 Å². The molecule has 4 unspecified atom stereocenters. The predicted octanol–water partition coefficient (Wildman–Crippen LogP) is 2.55. The number of amides is 2. The van der Waals surface area contributed by atoms with Gasteiger partial charge in [-0.1, -0.05) is 60.7 Å². The van der Waals surface area contributed by atoms with Gasteiger partial charge in [0.25, 0.3) is 0 Å². The number of carbonyl (C=O) groups excluding carboxylic acids is 2. The summed E-state index contributed by atoms with van der Waals surface area (Å²) in [5.41, 5.74) is 0.360. The fourth-order valence-electron chi connectivity index (χ4n) is 4.81. The van der Waals surface area contributed by atoms with Crippen molar-refractivity contribution >= 4 is 17.5 Å². The molecule has 0 saturated carbocycles. The third-order valence-electron chi connectivity index (χ3n) is 6.03. The standard InChI is InChI=1S/C22H19NO4/c1-21-11-12-22(13-24,27-21)18-17(21)19(25)23(20(18)26)16-10-6-5-9-15(16)14-7-3-2-4-8-14/h2-12,17-18,24H,13H2,1H3. The third-order valence-corrected chi connectivity index (χ3v) is 6.03. The van der Waals surface area contributed by atoms with E-state index in [0.717, 1.165) is 11.1 Å². The summed E-state index contributed by atoms with van der Waals surface area (Å²) in [7, 11) is 0. The first-order valence-electron chi connectivity index (χ1n) is 9.04. The number of hydrogen-bond acceptors (Lipinski definition) is 4. The number of rotatable bonds is 3. The number of fused-ring (bicyclic) bond motifs is 5. The Labute approximate surface area is 156 Å². The lowest BCUT2D eigenvalue weighted by atomic mass is 9.73. The normalized spacial score (nSPS) is 33.8. The maximum Gasteiger partial charge on any atom is 0.241 e. The SMILES string of the molecule is CC12C=CC(CO)(O1)C1C(=O)N(c3ccccc3-c3ccccc3)C(=O)C12. The highest BCUT2D eigenvalue weighted by atomic mass is 16.5. The number of carbonyl (C=O) groups is 2. The fourth-order valence-corrected chi connectivity index (χ4v) is 4.81. The highest BCUT2D eigenvalue weighted by Crippen LogP contribution is 2.57. The first kappa shape index (κ1) is 16.4. The molecule has 2 amide bonds. The molecule has 5 heteroatoms. The van der Waals surface area contributed by atoms with E-state index in [-0.39, 0.29) is 18.4 Å². The van der Waals surface area contributed by atoms with Gasteiger partial charge in [-0.3, -0.25) is 9.59 Å². The van der Waals surface area contributed by atoms with Crippen LogP contribution in [0.15, 0.2) is 66.7 Å². The van der Waals surface area contributed by atoms with Crippen molar-refractivity contribution < 1.29 is 19.4 Å². The molecule has 1 N–H and O–H groups in total. The van der Waals surface area contributed by atoms with Crippen molar-refractivity contribution in [2.24, 2.45) is 11.8 Å². The highest BCUT2D eigenvalue weighted by molar-refractivity contribution is 6.24. The molecule has 2 saturated heterocycles. The van der Waals surface area contributed by atoms with Crippen LogP contribution in [0.3, 0.4) is 0 Å². The Morgan fingerprint density at radius 2 is 1.63 bits per heavy atom. The molecule has 2 fully saturated rings. The van der Waals surface area contributed by atoms with Crippen LogP contribution in [-0.2, 0) is 14.3 Å². The molecule has 5 nitrogen and oxygen atoms in total. The van der Waals surface area contributed by atoms with Gasteiger partial charge in [0.15, 0.2) is 0 Å². The first-order valence-corrected chi connectivity index (χ1v) is 9.04. The summed E-state index contributed by atoms with van der Waals surface area (Å²) >= 11 is 0. The van der Waals surface area contributed by atoms with Crippen molar-refractivity contribution in [3.8, 4) is 11.1 Å². The van der Waals surface area contributed by atoms with E-state index in [2.05, 4.69) is 0 Å². The Balaban J connectivity index is 1.64. The van der Waals surface area contributed by atoms with Crippen LogP contribution in [0.4, 0.5) is 5.69 Å². The molecule has 136 valence electrons. The monoisotopic (exact) mass is 361 g/mol. The quantitative estimate of drug-likeness (QED) is 0.674. The summed E-state index contributed by atoms with van der Waals surface area (Å²) in [4.78, 5) is 28.0. The minimum Gasteiger partial charge on any atom is -0.393 e. The lowest BCUT2D eigenvalue weighted by Gasteiger charge is -2.27. The van der Waals surface area contributed by atoms with Crippen molar-refractivity contribution in [3.05, 3.63) is 66.7 Å². The number of ether oxygens (including phenoxy) is 1. The third kappa shape index (κ3) is 2.01. The van der Waals surface area contributed by atoms with E-state index in [9.17, 15) is 14.7 Å². The number of aliphatic hydroxyl groups excluding tert-OH is 1. The highest BCUT2D eigenvalue weighted by Gasteiger charge is 2.72. The van der Waals surface area contributed by atoms with E-state index in [1.165, 1.54) is 4.90 Å². The number of imide groups is 1. The molecular weight excluding hydrogens is 342 g/mol. The maximum atomic E-state index is 13.4. The van der Waals surface area contributed by atoms with E-state index < -0.39 is 23.0 Å². The molecule has 0 radical (unpaired) electrons. The Morgan fingerprint density at radius 1 is 0.963 bits per heavy atom. The molecule has 2 bridgehead atoms. The summed E-state index contributed by atoms with van der Waals surface area (Å²) in [5, 5.41) is 9.94. The summed E-state index contributed by atoms with van der Waals surface area (Å²) < 4.78 is 5.97. The van der Waals surface area contributed by atoms with Crippen molar-refractivity contribution in [2.75, 3.05) is 11.5 Å². The number of hydrogen-bond donors (Lipinski definition) is 1. The molecule has 0 aliphatic carbocycles. The lowest BCUT2D eigenvalue weighted by Crippen LogP contribution is -2.43. The van der Waals surface area contributed by atoms with E-state index in [0.29, 0.717) is 5.69 Å². The second-order valence-electron chi connectivity index (χ2n) is 7.58. The van der Waals surface area contributed by atoms with E-state index >= 15 is 0 Å². The number of para-hydroxylation sites is 1. The lowest BCUT2D eigenvalue weighted by molar-refractivity contribution is -0.131. The van der Waals surface area contributed by atoms with Gasteiger partial charge in [0.05, 0.1) is 29.7 Å². The van der Waals surface area contributed by atoms with Gasteiger partial charge in [-0.15, -0.1) is 0 Å². The molecule has 3 aliphatic rings. The first-order chi connectivity index (χ1) is 13.0. The number of anilines is 1. The number of benzene rings is 2. The van der Waals surface area contributed by atoms with Crippen molar-refractivity contribution in [1.82, 2.24) is 0 Å². The minimum absolute atomic E-state index is 0.268. The van der Waals surface area contributed by atoms with E-state index in [4.69, 9.17) is 4.74 Å². The fraction of sp³-hybridized carbons (Fsp3) is 0.273. The number of nitrogens with zero attached hydrogens (tertiary/aromatic N) is 1. The summed E-state index contributed by atoms with van der Waals surface area (Å²) in [5.74, 6) is -1.90. The molecule has 2 aromatic rings. The van der Waals surface area contributed by atoms with Gasteiger partial charge in [-0.25, -0.2) is 4.90 Å². The van der Waals surface area contributed by atoms with Crippen LogP contribution in [-0.4, -0.2) is 34.7 Å². The molecule has 5 rings (SSSR count). The van der Waals surface area contributed by atoms with Gasteiger partial charge in [-0.2, -0.15) is 0 Å². The Bertz CT molecular complexity index is 985. The van der Waals surface area contributed by atoms with Crippen LogP contribution in [0.5, 0.6) is 0 Å². The molecule has 4 atom stereocenters. The second kappa shape index (κ2) is 5.38. The zero-order chi connectivity index (χ0) is 18.8. The maximum absolute atomic E-state index is 13.4. The summed E-state index contributed by atoms with van der Waals surface area (Å²) in [6, 6.07) is 17.1. The van der Waals surface area contributed by atoms with Gasteiger partial charge >= 0.3 is 0 Å².